The van der Waals surface area contributed by atoms with Crippen LogP contribution in [-0.2, 0) is 23.9 Å². The Labute approximate surface area is 208 Å². The molecule has 0 aromatic heterocycles. The van der Waals surface area contributed by atoms with Gasteiger partial charge in [-0.3, -0.25) is 9.59 Å². The first-order valence-corrected chi connectivity index (χ1v) is 13.1. The number of rotatable bonds is 5. The monoisotopic (exact) mass is 502 g/mol. The number of nitrogens with zero attached hydrogens (tertiary/aromatic N) is 1. The number of ketones is 2. The molecule has 0 atom stereocenters. The highest BCUT2D eigenvalue weighted by atomic mass is 19.1. The summed E-state index contributed by atoms with van der Waals surface area (Å²) in [7, 11) is 0. The van der Waals surface area contributed by atoms with E-state index in [2.05, 4.69) is 10.2 Å². The standard InChI is InChI=1S/C13H22FNO2.C7H12FNO.C6H10O2/c1-11(16)13(14)4-6-15(7-5-13)10-12-2-8-17-9-3-12;1-6(10)7(8)2-4-9-5-3-7;7-5-6-1-3-8-4-2-6/h12H,2-10H2,1H3;9H,2-5H2,1H3;5-6H,1-4H2. The number of carbonyl (C=O) groups is 3. The average Bonchev–Trinajstić information content (AvgIpc) is 2.88. The Balaban J connectivity index is 0.000000204. The van der Waals surface area contributed by atoms with Crippen molar-refractivity contribution in [3.8, 4) is 0 Å². The Hall–Kier alpha value is -1.29. The van der Waals surface area contributed by atoms with Crippen LogP contribution < -0.4 is 5.32 Å². The van der Waals surface area contributed by atoms with Gasteiger partial charge in [0.15, 0.2) is 22.9 Å². The number of Topliss-reactive ketones (excluding diaryl/α,β-unsaturated/α-hetero) is 2. The quantitative estimate of drug-likeness (QED) is 0.579. The van der Waals surface area contributed by atoms with E-state index in [0.717, 1.165) is 64.9 Å². The molecule has 9 heteroatoms. The maximum atomic E-state index is 14.1. The number of likely N-dealkylation sites (tertiary alicyclic amines) is 1. The van der Waals surface area contributed by atoms with Crippen LogP contribution in [0.1, 0.15) is 65.2 Å². The lowest BCUT2D eigenvalue weighted by Crippen LogP contribution is -2.47. The van der Waals surface area contributed by atoms with Crippen molar-refractivity contribution >= 4 is 17.9 Å². The average molecular weight is 503 g/mol. The predicted molar refractivity (Wildman–Crippen MR) is 130 cm³/mol. The Morgan fingerprint density at radius 1 is 0.857 bits per heavy atom. The molecule has 4 saturated heterocycles. The molecule has 0 radical (unpaired) electrons. The van der Waals surface area contributed by atoms with Gasteiger partial charge >= 0.3 is 0 Å². The number of aldehydes is 1. The molecule has 1 N–H and O–H groups in total. The summed E-state index contributed by atoms with van der Waals surface area (Å²) in [6.45, 7) is 9.66. The number of nitrogens with one attached hydrogen (secondary N) is 1. The van der Waals surface area contributed by atoms with Crippen LogP contribution in [0, 0.1) is 11.8 Å². The van der Waals surface area contributed by atoms with E-state index >= 15 is 0 Å². The number of hydrogen-bond donors (Lipinski definition) is 1. The fraction of sp³-hybridized carbons (Fsp3) is 0.885. The molecule has 0 spiro atoms. The minimum absolute atomic E-state index is 0.281. The fourth-order valence-corrected chi connectivity index (χ4v) is 4.76. The van der Waals surface area contributed by atoms with Gasteiger partial charge in [-0.25, -0.2) is 8.78 Å². The fourth-order valence-electron chi connectivity index (χ4n) is 4.76. The molecule has 0 saturated carbocycles. The number of piperidine rings is 2. The van der Waals surface area contributed by atoms with Gasteiger partial charge in [0.25, 0.3) is 0 Å². The van der Waals surface area contributed by atoms with Crippen LogP contribution in [0.3, 0.4) is 0 Å². The number of carbonyl (C=O) groups excluding carboxylic acids is 3. The first kappa shape index (κ1) is 29.9. The number of ether oxygens (including phenoxy) is 2. The van der Waals surface area contributed by atoms with Gasteiger partial charge in [-0.15, -0.1) is 0 Å². The van der Waals surface area contributed by atoms with Gasteiger partial charge < -0.3 is 24.5 Å². The Bertz CT molecular complexity index is 652. The second kappa shape index (κ2) is 15.1. The minimum Gasteiger partial charge on any atom is -0.381 e. The van der Waals surface area contributed by atoms with Gasteiger partial charge in [0.1, 0.15) is 6.29 Å². The van der Waals surface area contributed by atoms with Crippen LogP contribution in [-0.4, -0.2) is 93.2 Å². The summed E-state index contributed by atoms with van der Waals surface area (Å²) in [6, 6.07) is 0. The predicted octanol–water partition coefficient (Wildman–Crippen LogP) is 3.09. The summed E-state index contributed by atoms with van der Waals surface area (Å²) >= 11 is 0. The maximum absolute atomic E-state index is 14.1. The summed E-state index contributed by atoms with van der Waals surface area (Å²) in [4.78, 5) is 34.3. The molecule has 7 nitrogen and oxygen atoms in total. The van der Waals surface area contributed by atoms with E-state index in [1.807, 2.05) is 0 Å². The zero-order valence-corrected chi connectivity index (χ0v) is 21.5. The molecule has 0 unspecified atom stereocenters. The lowest BCUT2D eigenvalue weighted by Gasteiger charge is -2.37. The molecule has 4 rings (SSSR count). The molecule has 0 amide bonds. The molecule has 202 valence electrons. The first-order chi connectivity index (χ1) is 16.7. The van der Waals surface area contributed by atoms with Crippen LogP contribution in [0.5, 0.6) is 0 Å². The number of halogens is 2. The lowest BCUT2D eigenvalue weighted by atomic mass is 9.89. The third-order valence-electron chi connectivity index (χ3n) is 7.62. The molecular formula is C26H44F2N2O5. The van der Waals surface area contributed by atoms with E-state index in [1.54, 1.807) is 0 Å². The highest BCUT2D eigenvalue weighted by Crippen LogP contribution is 2.29. The van der Waals surface area contributed by atoms with E-state index in [9.17, 15) is 23.2 Å². The second-order valence-electron chi connectivity index (χ2n) is 10.2. The van der Waals surface area contributed by atoms with E-state index in [0.29, 0.717) is 57.8 Å². The van der Waals surface area contributed by atoms with Crippen LogP contribution in [0.4, 0.5) is 8.78 Å². The Kier molecular flexibility index (Phi) is 12.9. The van der Waals surface area contributed by atoms with Gasteiger partial charge in [0.2, 0.25) is 0 Å². The van der Waals surface area contributed by atoms with Gasteiger partial charge in [0.05, 0.1) is 0 Å². The van der Waals surface area contributed by atoms with Crippen molar-refractivity contribution in [3.63, 3.8) is 0 Å². The van der Waals surface area contributed by atoms with Gasteiger partial charge in [0, 0.05) is 77.7 Å². The second-order valence-corrected chi connectivity index (χ2v) is 10.2. The van der Waals surface area contributed by atoms with Crippen LogP contribution in [0.25, 0.3) is 0 Å². The van der Waals surface area contributed by atoms with E-state index in [4.69, 9.17) is 9.47 Å². The third-order valence-corrected chi connectivity index (χ3v) is 7.62. The van der Waals surface area contributed by atoms with Crippen molar-refractivity contribution in [2.75, 3.05) is 59.2 Å². The van der Waals surface area contributed by atoms with Crippen molar-refractivity contribution in [2.24, 2.45) is 11.8 Å². The lowest BCUT2D eigenvalue weighted by molar-refractivity contribution is -0.131. The molecule has 0 aliphatic carbocycles. The van der Waals surface area contributed by atoms with E-state index in [1.165, 1.54) is 13.8 Å². The molecule has 4 heterocycles. The molecular weight excluding hydrogens is 458 g/mol. The Morgan fingerprint density at radius 2 is 1.31 bits per heavy atom. The molecule has 0 bridgehead atoms. The van der Waals surface area contributed by atoms with Crippen LogP contribution in [0.15, 0.2) is 0 Å². The first-order valence-electron chi connectivity index (χ1n) is 13.1. The summed E-state index contributed by atoms with van der Waals surface area (Å²) in [5.74, 6) is 0.342. The summed E-state index contributed by atoms with van der Waals surface area (Å²) in [5, 5.41) is 3.00. The molecule has 0 aromatic rings. The normalized spacial score (nSPS) is 25.3. The van der Waals surface area contributed by atoms with Gasteiger partial charge in [-0.05, 0) is 58.5 Å². The Morgan fingerprint density at radius 3 is 1.71 bits per heavy atom. The minimum atomic E-state index is -1.55. The topological polar surface area (TPSA) is 84.9 Å². The van der Waals surface area contributed by atoms with Gasteiger partial charge in [-0.1, -0.05) is 0 Å². The van der Waals surface area contributed by atoms with Crippen LogP contribution in [0.2, 0.25) is 0 Å². The third kappa shape index (κ3) is 10.3. The molecule has 4 aliphatic heterocycles. The van der Waals surface area contributed by atoms with Crippen LogP contribution >= 0.6 is 0 Å². The highest BCUT2D eigenvalue weighted by molar-refractivity contribution is 5.85. The van der Waals surface area contributed by atoms with Crippen molar-refractivity contribution in [1.82, 2.24) is 10.2 Å². The van der Waals surface area contributed by atoms with Crippen molar-refractivity contribution < 1.29 is 32.6 Å². The highest BCUT2D eigenvalue weighted by Gasteiger charge is 2.39. The molecule has 35 heavy (non-hydrogen) atoms. The number of alkyl halides is 2. The van der Waals surface area contributed by atoms with Crippen molar-refractivity contribution in [1.29, 1.82) is 0 Å². The SMILES string of the molecule is CC(=O)C1(F)CCN(CC2CCOCC2)CC1.CC(=O)C1(F)CCNCC1.O=CC1CCOCC1. The molecule has 4 aliphatic rings. The molecule has 4 fully saturated rings. The number of hydrogen-bond acceptors (Lipinski definition) is 7. The maximum Gasteiger partial charge on any atom is 0.170 e. The van der Waals surface area contributed by atoms with Crippen molar-refractivity contribution in [3.05, 3.63) is 0 Å². The molecule has 0 aromatic carbocycles. The summed E-state index contributed by atoms with van der Waals surface area (Å²) in [6.07, 6.45) is 6.51. The van der Waals surface area contributed by atoms with E-state index in [-0.39, 0.29) is 17.5 Å². The summed E-state index contributed by atoms with van der Waals surface area (Å²) in [5.41, 5.74) is -3.07. The summed E-state index contributed by atoms with van der Waals surface area (Å²) < 4.78 is 37.7. The zero-order chi connectivity index (χ0) is 25.7. The largest absolute Gasteiger partial charge is 0.381 e. The van der Waals surface area contributed by atoms with Crippen molar-refractivity contribution in [2.45, 2.75) is 76.6 Å². The zero-order valence-electron chi connectivity index (χ0n) is 21.5. The van der Waals surface area contributed by atoms with Gasteiger partial charge in [-0.2, -0.15) is 0 Å². The van der Waals surface area contributed by atoms with E-state index < -0.39 is 11.3 Å². The smallest absolute Gasteiger partial charge is 0.170 e.